The van der Waals surface area contributed by atoms with E-state index in [9.17, 15) is 4.79 Å². The molecule has 3 nitrogen and oxygen atoms in total. The third-order valence-corrected chi connectivity index (χ3v) is 3.51. The van der Waals surface area contributed by atoms with Crippen molar-refractivity contribution in [2.75, 3.05) is 11.9 Å². The minimum Gasteiger partial charge on any atom is -0.365 e. The number of hydrogen-bond acceptors (Lipinski definition) is 2. The summed E-state index contributed by atoms with van der Waals surface area (Å²) in [5.41, 5.74) is 0.110. The summed E-state index contributed by atoms with van der Waals surface area (Å²) >= 11 is 3.40. The van der Waals surface area contributed by atoms with Crippen molar-refractivity contribution in [3.05, 3.63) is 28.7 Å². The average molecular weight is 284 g/mol. The van der Waals surface area contributed by atoms with Gasteiger partial charge in [-0.3, -0.25) is 4.79 Å². The number of rotatable bonds is 2. The van der Waals surface area contributed by atoms with Crippen molar-refractivity contribution in [2.45, 2.75) is 25.4 Å². The van der Waals surface area contributed by atoms with Gasteiger partial charge in [-0.2, -0.15) is 0 Å². The molecule has 1 amide bonds. The Balaban J connectivity index is 2.10. The van der Waals surface area contributed by atoms with Crippen LogP contribution in [0.4, 0.5) is 5.69 Å². The molecular formula is C12H14BrNO2. The fraction of sp³-hybridized carbons (Fsp3) is 0.417. The molecule has 4 heteroatoms. The van der Waals surface area contributed by atoms with E-state index in [0.29, 0.717) is 6.61 Å². The average Bonchev–Trinajstić information content (AvgIpc) is 2.70. The van der Waals surface area contributed by atoms with Gasteiger partial charge in [0.15, 0.2) is 0 Å². The van der Waals surface area contributed by atoms with Gasteiger partial charge >= 0.3 is 0 Å². The lowest BCUT2D eigenvalue weighted by atomic mass is 10.0. The standard InChI is InChI=1S/C12H14BrNO2/c1-12(7-4-8-16-12)11(15)14-10-6-3-2-5-9(10)13/h2-3,5-6H,4,7-8H2,1H3,(H,14,15). The first-order chi connectivity index (χ1) is 7.62. The quantitative estimate of drug-likeness (QED) is 0.906. The number of benzene rings is 1. The molecule has 0 spiro atoms. The van der Waals surface area contributed by atoms with Crippen molar-refractivity contribution in [2.24, 2.45) is 0 Å². The van der Waals surface area contributed by atoms with Gasteiger partial charge in [0.2, 0.25) is 0 Å². The number of anilines is 1. The lowest BCUT2D eigenvalue weighted by Crippen LogP contribution is -2.39. The van der Waals surface area contributed by atoms with Gasteiger partial charge in [-0.25, -0.2) is 0 Å². The highest BCUT2D eigenvalue weighted by Crippen LogP contribution is 2.28. The van der Waals surface area contributed by atoms with Crippen molar-refractivity contribution >= 4 is 27.5 Å². The molecule has 0 bridgehead atoms. The molecule has 1 N–H and O–H groups in total. The van der Waals surface area contributed by atoms with Crippen LogP contribution in [0.2, 0.25) is 0 Å². The number of carbonyl (C=O) groups excluding carboxylic acids is 1. The van der Waals surface area contributed by atoms with Crippen LogP contribution in [0.25, 0.3) is 0 Å². The summed E-state index contributed by atoms with van der Waals surface area (Å²) in [6.45, 7) is 2.51. The van der Waals surface area contributed by atoms with E-state index in [-0.39, 0.29) is 5.91 Å². The van der Waals surface area contributed by atoms with E-state index >= 15 is 0 Å². The Bertz CT molecular complexity index is 400. The predicted octanol–water partition coefficient (Wildman–Crippen LogP) is 2.96. The highest BCUT2D eigenvalue weighted by atomic mass is 79.9. The van der Waals surface area contributed by atoms with Crippen LogP contribution in [0.1, 0.15) is 19.8 Å². The van der Waals surface area contributed by atoms with Crippen molar-refractivity contribution in [3.63, 3.8) is 0 Å². The molecule has 1 aliphatic heterocycles. The van der Waals surface area contributed by atoms with E-state index < -0.39 is 5.60 Å². The summed E-state index contributed by atoms with van der Waals surface area (Å²) in [5.74, 6) is -0.0723. The maximum absolute atomic E-state index is 12.0. The molecule has 0 saturated carbocycles. The Morgan fingerprint density at radius 3 is 2.88 bits per heavy atom. The van der Waals surface area contributed by atoms with E-state index in [1.807, 2.05) is 31.2 Å². The predicted molar refractivity (Wildman–Crippen MR) is 66.4 cm³/mol. The first-order valence-electron chi connectivity index (χ1n) is 5.32. The molecule has 86 valence electrons. The van der Waals surface area contributed by atoms with Gasteiger partial charge in [0, 0.05) is 11.1 Å². The van der Waals surface area contributed by atoms with Gasteiger partial charge in [0.1, 0.15) is 5.60 Å². The first-order valence-corrected chi connectivity index (χ1v) is 6.11. The van der Waals surface area contributed by atoms with Crippen molar-refractivity contribution in [1.29, 1.82) is 0 Å². The van der Waals surface area contributed by atoms with Gasteiger partial charge in [0.25, 0.3) is 5.91 Å². The van der Waals surface area contributed by atoms with Crippen molar-refractivity contribution < 1.29 is 9.53 Å². The number of halogens is 1. The fourth-order valence-corrected chi connectivity index (χ4v) is 2.16. The van der Waals surface area contributed by atoms with Crippen LogP contribution >= 0.6 is 15.9 Å². The number of amides is 1. The normalized spacial score (nSPS) is 24.4. The number of ether oxygens (including phenoxy) is 1. The minimum atomic E-state index is -0.671. The number of nitrogens with one attached hydrogen (secondary N) is 1. The second-order valence-electron chi connectivity index (χ2n) is 4.12. The first kappa shape index (κ1) is 11.6. The molecule has 1 unspecified atom stereocenters. The van der Waals surface area contributed by atoms with Crippen LogP contribution in [0.3, 0.4) is 0 Å². The minimum absolute atomic E-state index is 0.0723. The fourth-order valence-electron chi connectivity index (χ4n) is 1.78. The Morgan fingerprint density at radius 2 is 2.25 bits per heavy atom. The van der Waals surface area contributed by atoms with E-state index in [0.717, 1.165) is 23.0 Å². The second-order valence-corrected chi connectivity index (χ2v) is 4.97. The summed E-state index contributed by atoms with van der Waals surface area (Å²) in [5, 5.41) is 2.88. The summed E-state index contributed by atoms with van der Waals surface area (Å²) in [4.78, 5) is 12.0. The molecule has 16 heavy (non-hydrogen) atoms. The van der Waals surface area contributed by atoms with Crippen LogP contribution in [0.15, 0.2) is 28.7 Å². The Hall–Kier alpha value is -0.870. The summed E-state index contributed by atoms with van der Waals surface area (Å²) in [6.07, 6.45) is 1.73. The van der Waals surface area contributed by atoms with Gasteiger partial charge < -0.3 is 10.1 Å². The molecule has 1 heterocycles. The lowest BCUT2D eigenvalue weighted by Gasteiger charge is -2.22. The third-order valence-electron chi connectivity index (χ3n) is 2.82. The molecule has 1 aromatic carbocycles. The number of carbonyl (C=O) groups is 1. The Morgan fingerprint density at radius 1 is 1.50 bits per heavy atom. The molecule has 1 saturated heterocycles. The topological polar surface area (TPSA) is 38.3 Å². The molecule has 1 fully saturated rings. The van der Waals surface area contributed by atoms with Gasteiger partial charge in [-0.15, -0.1) is 0 Å². The Labute approximate surface area is 103 Å². The zero-order valence-corrected chi connectivity index (χ0v) is 10.7. The van der Waals surface area contributed by atoms with E-state index in [4.69, 9.17) is 4.74 Å². The Kier molecular flexibility index (Phi) is 3.30. The van der Waals surface area contributed by atoms with E-state index in [1.54, 1.807) is 0 Å². The molecule has 0 aliphatic carbocycles. The van der Waals surface area contributed by atoms with Crippen LogP contribution in [0, 0.1) is 0 Å². The summed E-state index contributed by atoms with van der Waals surface area (Å²) in [7, 11) is 0. The van der Waals surface area contributed by atoms with Crippen molar-refractivity contribution in [1.82, 2.24) is 0 Å². The second kappa shape index (κ2) is 4.55. The number of para-hydroxylation sites is 1. The maximum Gasteiger partial charge on any atom is 0.256 e. The molecule has 1 aliphatic rings. The van der Waals surface area contributed by atoms with Gasteiger partial charge in [0.05, 0.1) is 5.69 Å². The van der Waals surface area contributed by atoms with Crippen molar-refractivity contribution in [3.8, 4) is 0 Å². The van der Waals surface area contributed by atoms with E-state index in [1.165, 1.54) is 0 Å². The zero-order chi connectivity index (χ0) is 11.6. The molecular weight excluding hydrogens is 270 g/mol. The molecule has 1 atom stereocenters. The molecule has 1 aromatic rings. The van der Waals surface area contributed by atoms with Gasteiger partial charge in [-0.1, -0.05) is 12.1 Å². The number of hydrogen-bond donors (Lipinski definition) is 1. The smallest absolute Gasteiger partial charge is 0.256 e. The highest BCUT2D eigenvalue weighted by molar-refractivity contribution is 9.10. The van der Waals surface area contributed by atoms with Crippen LogP contribution < -0.4 is 5.32 Å². The zero-order valence-electron chi connectivity index (χ0n) is 9.13. The van der Waals surface area contributed by atoms with Crippen LogP contribution in [-0.2, 0) is 9.53 Å². The summed E-state index contributed by atoms with van der Waals surface area (Å²) < 4.78 is 6.37. The highest BCUT2D eigenvalue weighted by Gasteiger charge is 2.37. The summed E-state index contributed by atoms with van der Waals surface area (Å²) in [6, 6.07) is 7.56. The van der Waals surface area contributed by atoms with E-state index in [2.05, 4.69) is 21.2 Å². The van der Waals surface area contributed by atoms with Gasteiger partial charge in [-0.05, 0) is 47.8 Å². The largest absolute Gasteiger partial charge is 0.365 e. The van der Waals surface area contributed by atoms with Crippen LogP contribution in [0.5, 0.6) is 0 Å². The SMILES string of the molecule is CC1(C(=O)Nc2ccccc2Br)CCCO1. The molecule has 2 rings (SSSR count). The molecule has 0 aromatic heterocycles. The lowest BCUT2D eigenvalue weighted by molar-refractivity contribution is -0.133. The maximum atomic E-state index is 12.0. The monoisotopic (exact) mass is 283 g/mol. The third kappa shape index (κ3) is 2.28. The van der Waals surface area contributed by atoms with Crippen LogP contribution in [-0.4, -0.2) is 18.1 Å². The molecule has 0 radical (unpaired) electrons.